The summed E-state index contributed by atoms with van der Waals surface area (Å²) in [6, 6.07) is 0. The molecule has 0 atom stereocenters. The summed E-state index contributed by atoms with van der Waals surface area (Å²) in [6.45, 7) is 7.17. The second kappa shape index (κ2) is 5.38. The van der Waals surface area contributed by atoms with E-state index in [9.17, 15) is 9.59 Å². The molecule has 1 aromatic rings. The van der Waals surface area contributed by atoms with Crippen LogP contribution in [0.25, 0.3) is 0 Å². The van der Waals surface area contributed by atoms with Gasteiger partial charge < -0.3 is 9.15 Å². The van der Waals surface area contributed by atoms with Gasteiger partial charge in [-0.15, -0.1) is 0 Å². The van der Waals surface area contributed by atoms with Crippen molar-refractivity contribution in [2.24, 2.45) is 0 Å². The summed E-state index contributed by atoms with van der Waals surface area (Å²) >= 11 is 0. The average Bonchev–Trinajstić information content (AvgIpc) is 2.50. The van der Waals surface area contributed by atoms with Crippen LogP contribution in [0.15, 0.2) is 4.42 Å². The summed E-state index contributed by atoms with van der Waals surface area (Å²) in [5.41, 5.74) is 5.58. The predicted molar refractivity (Wildman–Crippen MR) is 60.5 cm³/mol. The first-order valence-electron chi connectivity index (χ1n) is 5.27. The summed E-state index contributed by atoms with van der Waals surface area (Å²) in [5.74, 6) is 0.775. The lowest BCUT2D eigenvalue weighted by Crippen LogP contribution is -2.42. The van der Waals surface area contributed by atoms with E-state index in [1.807, 2.05) is 0 Å². The summed E-state index contributed by atoms with van der Waals surface area (Å²) in [5, 5.41) is 0. The Morgan fingerprint density at radius 3 is 2.29 bits per heavy atom. The maximum absolute atomic E-state index is 11.8. The third kappa shape index (κ3) is 2.99. The van der Waals surface area contributed by atoms with Gasteiger partial charge in [0.2, 0.25) is 0 Å². The molecule has 0 spiro atoms. The maximum Gasteiger partial charge on any atom is 0.426 e. The Morgan fingerprint density at radius 2 is 1.82 bits per heavy atom. The zero-order chi connectivity index (χ0) is 13.0. The van der Waals surface area contributed by atoms with Crippen molar-refractivity contribution in [2.75, 3.05) is 6.61 Å². The van der Waals surface area contributed by atoms with Crippen LogP contribution in [0.2, 0.25) is 0 Å². The molecule has 0 saturated carbocycles. The van der Waals surface area contributed by atoms with Crippen molar-refractivity contribution in [2.45, 2.75) is 27.7 Å². The van der Waals surface area contributed by atoms with E-state index in [4.69, 9.17) is 4.42 Å². The van der Waals surface area contributed by atoms with E-state index < -0.39 is 12.0 Å². The van der Waals surface area contributed by atoms with E-state index in [1.165, 1.54) is 0 Å². The highest BCUT2D eigenvalue weighted by atomic mass is 16.5. The zero-order valence-corrected chi connectivity index (χ0v) is 10.3. The number of hydrazine groups is 1. The van der Waals surface area contributed by atoms with E-state index in [-0.39, 0.29) is 6.61 Å². The molecule has 6 nitrogen and oxygen atoms in total. The number of furan rings is 1. The van der Waals surface area contributed by atoms with Crippen molar-refractivity contribution in [1.29, 1.82) is 0 Å². The molecule has 0 aliphatic heterocycles. The second-order valence-electron chi connectivity index (χ2n) is 3.51. The lowest BCUT2D eigenvalue weighted by molar-refractivity contribution is 0.0910. The molecule has 0 fully saturated rings. The van der Waals surface area contributed by atoms with Crippen LogP contribution in [0, 0.1) is 20.8 Å². The normalized spacial score (nSPS) is 9.88. The first-order chi connectivity index (χ1) is 7.97. The quantitative estimate of drug-likeness (QED) is 0.769. The minimum atomic E-state index is -0.698. The van der Waals surface area contributed by atoms with Crippen LogP contribution < -0.4 is 10.9 Å². The van der Waals surface area contributed by atoms with Gasteiger partial charge in [0.15, 0.2) is 0 Å². The highest BCUT2D eigenvalue weighted by Crippen LogP contribution is 2.20. The molecule has 94 valence electrons. The molecule has 0 aliphatic rings. The number of amides is 2. The zero-order valence-electron chi connectivity index (χ0n) is 10.3. The van der Waals surface area contributed by atoms with Gasteiger partial charge in [0.05, 0.1) is 12.2 Å². The van der Waals surface area contributed by atoms with E-state index in [2.05, 4.69) is 15.6 Å². The highest BCUT2D eigenvalue weighted by molar-refractivity contribution is 5.97. The number of aryl methyl sites for hydroxylation is 2. The van der Waals surface area contributed by atoms with Crippen LogP contribution in [0.5, 0.6) is 0 Å². The van der Waals surface area contributed by atoms with Gasteiger partial charge in [0.1, 0.15) is 11.5 Å². The number of ether oxygens (including phenoxy) is 1. The Morgan fingerprint density at radius 1 is 1.18 bits per heavy atom. The van der Waals surface area contributed by atoms with Gasteiger partial charge in [0, 0.05) is 5.56 Å². The number of rotatable bonds is 2. The largest absolute Gasteiger partial charge is 0.466 e. The predicted octanol–water partition coefficient (Wildman–Crippen LogP) is 1.60. The van der Waals surface area contributed by atoms with Crippen LogP contribution in [0.1, 0.15) is 34.4 Å². The fourth-order valence-electron chi connectivity index (χ4n) is 1.46. The molecular formula is C11H16N2O4. The van der Waals surface area contributed by atoms with Crippen molar-refractivity contribution in [3.8, 4) is 0 Å². The molecule has 2 N–H and O–H groups in total. The van der Waals surface area contributed by atoms with Gasteiger partial charge in [-0.25, -0.2) is 10.2 Å². The molecule has 0 bridgehead atoms. The van der Waals surface area contributed by atoms with Gasteiger partial charge in [-0.1, -0.05) is 0 Å². The molecule has 1 heterocycles. The smallest absolute Gasteiger partial charge is 0.426 e. The minimum absolute atomic E-state index is 0.241. The number of hydrogen-bond donors (Lipinski definition) is 2. The fraction of sp³-hybridized carbons (Fsp3) is 0.455. The summed E-state index contributed by atoms with van der Waals surface area (Å²) in [7, 11) is 0. The molecule has 1 aromatic heterocycles. The summed E-state index contributed by atoms with van der Waals surface area (Å²) in [4.78, 5) is 22.7. The van der Waals surface area contributed by atoms with Crippen LogP contribution in [0.4, 0.5) is 4.79 Å². The molecule has 0 saturated heterocycles. The third-order valence-corrected chi connectivity index (χ3v) is 2.34. The van der Waals surface area contributed by atoms with Crippen molar-refractivity contribution in [1.82, 2.24) is 10.9 Å². The first kappa shape index (κ1) is 13.1. The van der Waals surface area contributed by atoms with Crippen LogP contribution in [-0.2, 0) is 4.74 Å². The van der Waals surface area contributed by atoms with E-state index in [0.29, 0.717) is 17.1 Å². The molecule has 0 aromatic carbocycles. The van der Waals surface area contributed by atoms with Crippen molar-refractivity contribution >= 4 is 12.0 Å². The van der Waals surface area contributed by atoms with Crippen LogP contribution in [0.3, 0.4) is 0 Å². The Labute approximate surface area is 99.3 Å². The van der Waals surface area contributed by atoms with Gasteiger partial charge in [-0.05, 0) is 27.7 Å². The molecule has 6 heteroatoms. The van der Waals surface area contributed by atoms with E-state index >= 15 is 0 Å². The lowest BCUT2D eigenvalue weighted by atomic mass is 10.1. The molecule has 0 radical (unpaired) electrons. The van der Waals surface area contributed by atoms with Gasteiger partial charge in [0.25, 0.3) is 5.91 Å². The Bertz CT molecular complexity index is 437. The van der Waals surface area contributed by atoms with Crippen molar-refractivity contribution in [3.05, 3.63) is 22.6 Å². The number of nitrogens with one attached hydrogen (secondary N) is 2. The summed E-state index contributed by atoms with van der Waals surface area (Å²) < 4.78 is 9.92. The van der Waals surface area contributed by atoms with Crippen molar-refractivity contribution in [3.63, 3.8) is 0 Å². The molecular weight excluding hydrogens is 224 g/mol. The van der Waals surface area contributed by atoms with Gasteiger partial charge in [-0.2, -0.15) is 0 Å². The van der Waals surface area contributed by atoms with Gasteiger partial charge in [-0.3, -0.25) is 10.2 Å². The number of carbonyl (C=O) groups excluding carboxylic acids is 2. The lowest BCUT2D eigenvalue weighted by Gasteiger charge is -2.06. The second-order valence-corrected chi connectivity index (χ2v) is 3.51. The fourth-order valence-corrected chi connectivity index (χ4v) is 1.46. The standard InChI is InChI=1S/C11H16N2O4/c1-5-16-11(15)13-12-10(14)9-6(2)7(3)17-8(9)4/h5H2,1-4H3,(H,12,14)(H,13,15). The monoisotopic (exact) mass is 240 g/mol. The molecule has 0 aliphatic carbocycles. The average molecular weight is 240 g/mol. The molecule has 2 amide bonds. The van der Waals surface area contributed by atoms with E-state index in [0.717, 1.165) is 5.56 Å². The van der Waals surface area contributed by atoms with Crippen LogP contribution >= 0.6 is 0 Å². The topological polar surface area (TPSA) is 80.6 Å². The number of hydrogen-bond acceptors (Lipinski definition) is 4. The van der Waals surface area contributed by atoms with Gasteiger partial charge >= 0.3 is 6.09 Å². The number of carbonyl (C=O) groups is 2. The Hall–Kier alpha value is -1.98. The summed E-state index contributed by atoms with van der Waals surface area (Å²) in [6.07, 6.45) is -0.698. The minimum Gasteiger partial charge on any atom is -0.466 e. The molecule has 1 rings (SSSR count). The highest BCUT2D eigenvalue weighted by Gasteiger charge is 2.18. The Balaban J connectivity index is 2.67. The van der Waals surface area contributed by atoms with Crippen molar-refractivity contribution < 1.29 is 18.7 Å². The Kier molecular flexibility index (Phi) is 4.14. The first-order valence-corrected chi connectivity index (χ1v) is 5.27. The van der Waals surface area contributed by atoms with E-state index in [1.54, 1.807) is 27.7 Å². The SMILES string of the molecule is CCOC(=O)NNC(=O)c1c(C)oc(C)c1C. The molecule has 17 heavy (non-hydrogen) atoms. The molecule has 0 unspecified atom stereocenters. The maximum atomic E-state index is 11.8. The third-order valence-electron chi connectivity index (χ3n) is 2.34. The van der Waals surface area contributed by atoms with Crippen LogP contribution in [-0.4, -0.2) is 18.6 Å².